The Morgan fingerprint density at radius 3 is 2.48 bits per heavy atom. The predicted octanol–water partition coefficient (Wildman–Crippen LogP) is 3.31. The van der Waals surface area contributed by atoms with Gasteiger partial charge in [0, 0.05) is 25.4 Å². The van der Waals surface area contributed by atoms with Crippen molar-refractivity contribution in [2.45, 2.75) is 18.8 Å². The lowest BCUT2D eigenvalue weighted by Gasteiger charge is -2.16. The third kappa shape index (κ3) is 4.64. The number of amides is 1. The maximum atomic E-state index is 13.5. The van der Waals surface area contributed by atoms with Gasteiger partial charge in [-0.15, -0.1) is 0 Å². The number of para-hydroxylation sites is 1. The van der Waals surface area contributed by atoms with Crippen molar-refractivity contribution in [2.24, 2.45) is 5.92 Å². The molecule has 1 aliphatic rings. The normalized spacial score (nSPS) is 19.1. The van der Waals surface area contributed by atoms with Crippen LogP contribution in [-0.2, 0) is 9.59 Å². The Balaban J connectivity index is 1.53. The summed E-state index contributed by atoms with van der Waals surface area (Å²) in [4.78, 5) is 25.7. The van der Waals surface area contributed by atoms with Crippen LogP contribution in [0.15, 0.2) is 54.6 Å². The van der Waals surface area contributed by atoms with Crippen molar-refractivity contribution in [1.29, 1.82) is 0 Å². The molecule has 1 saturated heterocycles. The molecule has 2 aromatic rings. The third-order valence-corrected chi connectivity index (χ3v) is 4.85. The molecule has 1 aliphatic heterocycles. The first-order valence-corrected chi connectivity index (χ1v) is 8.99. The van der Waals surface area contributed by atoms with Crippen LogP contribution in [-0.4, -0.2) is 41.6 Å². The molecule has 27 heavy (non-hydrogen) atoms. The Labute approximate surface area is 157 Å². The van der Waals surface area contributed by atoms with Gasteiger partial charge < -0.3 is 14.7 Å². The van der Waals surface area contributed by atoms with Crippen molar-refractivity contribution in [3.8, 4) is 5.75 Å². The van der Waals surface area contributed by atoms with Crippen LogP contribution in [0.1, 0.15) is 24.3 Å². The number of likely N-dealkylation sites (tertiary alicyclic amines) is 1. The van der Waals surface area contributed by atoms with Gasteiger partial charge in [0.25, 0.3) is 0 Å². The van der Waals surface area contributed by atoms with E-state index in [0.717, 1.165) is 5.56 Å². The molecule has 1 fully saturated rings. The monoisotopic (exact) mass is 371 g/mol. The van der Waals surface area contributed by atoms with Crippen molar-refractivity contribution in [3.05, 3.63) is 66.0 Å². The van der Waals surface area contributed by atoms with Gasteiger partial charge in [-0.25, -0.2) is 4.39 Å². The van der Waals surface area contributed by atoms with Crippen LogP contribution in [0.4, 0.5) is 4.39 Å². The van der Waals surface area contributed by atoms with E-state index in [1.165, 1.54) is 6.07 Å². The van der Waals surface area contributed by atoms with E-state index in [4.69, 9.17) is 4.74 Å². The molecule has 0 radical (unpaired) electrons. The molecule has 0 aromatic heterocycles. The van der Waals surface area contributed by atoms with Gasteiger partial charge in [0.15, 0.2) is 11.6 Å². The summed E-state index contributed by atoms with van der Waals surface area (Å²) in [5.74, 6) is -2.06. The molecular weight excluding hydrogens is 349 g/mol. The summed E-state index contributed by atoms with van der Waals surface area (Å²) in [5, 5.41) is 9.52. The Morgan fingerprint density at radius 2 is 1.78 bits per heavy atom. The number of ether oxygens (including phenoxy) is 1. The fourth-order valence-corrected chi connectivity index (χ4v) is 3.42. The van der Waals surface area contributed by atoms with Gasteiger partial charge in [0.2, 0.25) is 5.91 Å². The van der Waals surface area contributed by atoms with E-state index >= 15 is 0 Å². The molecule has 3 rings (SSSR count). The van der Waals surface area contributed by atoms with Gasteiger partial charge in [-0.05, 0) is 24.1 Å². The number of carbonyl (C=O) groups is 2. The number of rotatable bonds is 7. The molecule has 1 N–H and O–H groups in total. The average molecular weight is 371 g/mol. The second-order valence-corrected chi connectivity index (χ2v) is 6.64. The number of hydrogen-bond donors (Lipinski definition) is 1. The van der Waals surface area contributed by atoms with Crippen LogP contribution in [0.25, 0.3) is 0 Å². The topological polar surface area (TPSA) is 66.8 Å². The maximum absolute atomic E-state index is 13.5. The summed E-state index contributed by atoms with van der Waals surface area (Å²) in [6, 6.07) is 15.6. The van der Waals surface area contributed by atoms with Gasteiger partial charge >= 0.3 is 5.97 Å². The molecule has 2 atom stereocenters. The van der Waals surface area contributed by atoms with Crippen molar-refractivity contribution in [3.63, 3.8) is 0 Å². The minimum Gasteiger partial charge on any atom is -0.491 e. The molecule has 1 heterocycles. The lowest BCUT2D eigenvalue weighted by Crippen LogP contribution is -2.30. The number of carbonyl (C=O) groups excluding carboxylic acids is 1. The first-order valence-electron chi connectivity index (χ1n) is 8.99. The zero-order chi connectivity index (χ0) is 19.2. The van der Waals surface area contributed by atoms with Crippen LogP contribution < -0.4 is 4.74 Å². The van der Waals surface area contributed by atoms with Gasteiger partial charge in [0.1, 0.15) is 0 Å². The minimum absolute atomic E-state index is 0.100. The van der Waals surface area contributed by atoms with Crippen molar-refractivity contribution in [2.75, 3.05) is 19.7 Å². The van der Waals surface area contributed by atoms with E-state index in [-0.39, 0.29) is 37.1 Å². The van der Waals surface area contributed by atoms with Crippen LogP contribution in [0.2, 0.25) is 0 Å². The minimum atomic E-state index is -0.887. The van der Waals surface area contributed by atoms with Crippen molar-refractivity contribution in [1.82, 2.24) is 4.90 Å². The van der Waals surface area contributed by atoms with E-state index < -0.39 is 17.7 Å². The van der Waals surface area contributed by atoms with E-state index in [1.807, 2.05) is 30.3 Å². The van der Waals surface area contributed by atoms with E-state index in [9.17, 15) is 19.1 Å². The van der Waals surface area contributed by atoms with E-state index in [1.54, 1.807) is 23.1 Å². The van der Waals surface area contributed by atoms with Gasteiger partial charge in [0.05, 0.1) is 12.5 Å². The standard InChI is InChI=1S/C21H22FNO4/c22-18-9-4-5-10-19(18)27-12-6-11-20(24)23-13-16(17(14-23)21(25)26)15-7-2-1-3-8-15/h1-5,7-10,16-17H,6,11-14H2,(H,25,26)/t16-,17-/m1/s1. The fourth-order valence-electron chi connectivity index (χ4n) is 3.42. The summed E-state index contributed by atoms with van der Waals surface area (Å²) >= 11 is 0. The Kier molecular flexibility index (Phi) is 6.06. The quantitative estimate of drug-likeness (QED) is 0.759. The Bertz CT molecular complexity index is 796. The van der Waals surface area contributed by atoms with E-state index in [2.05, 4.69) is 0 Å². The Morgan fingerprint density at radius 1 is 1.07 bits per heavy atom. The molecule has 2 aromatic carbocycles. The first-order chi connectivity index (χ1) is 13.1. The second-order valence-electron chi connectivity index (χ2n) is 6.64. The van der Waals surface area contributed by atoms with Gasteiger partial charge in [-0.1, -0.05) is 42.5 Å². The molecule has 0 spiro atoms. The molecule has 142 valence electrons. The summed E-state index contributed by atoms with van der Waals surface area (Å²) < 4.78 is 18.8. The molecule has 0 bridgehead atoms. The summed E-state index contributed by atoms with van der Waals surface area (Å²) in [7, 11) is 0. The number of carboxylic acids is 1. The second kappa shape index (κ2) is 8.66. The molecule has 0 unspecified atom stereocenters. The number of halogens is 1. The highest BCUT2D eigenvalue weighted by molar-refractivity contribution is 5.79. The molecule has 1 amide bonds. The highest BCUT2D eigenvalue weighted by Gasteiger charge is 2.40. The summed E-state index contributed by atoms with van der Waals surface area (Å²) in [6.07, 6.45) is 0.680. The number of aliphatic carboxylic acids is 1. The molecule has 0 saturated carbocycles. The number of nitrogens with zero attached hydrogens (tertiary/aromatic N) is 1. The molecule has 5 nitrogen and oxygen atoms in total. The SMILES string of the molecule is O=C(O)[C@@H]1CN(C(=O)CCCOc2ccccc2F)C[C@@H]1c1ccccc1. The van der Waals surface area contributed by atoms with Crippen LogP contribution in [0.5, 0.6) is 5.75 Å². The lowest BCUT2D eigenvalue weighted by atomic mass is 9.89. The number of hydrogen-bond acceptors (Lipinski definition) is 3. The van der Waals surface area contributed by atoms with Gasteiger partial charge in [-0.2, -0.15) is 0 Å². The summed E-state index contributed by atoms with van der Waals surface area (Å²) in [5.41, 5.74) is 0.933. The predicted molar refractivity (Wildman–Crippen MR) is 98.0 cm³/mol. The zero-order valence-corrected chi connectivity index (χ0v) is 14.9. The van der Waals surface area contributed by atoms with Gasteiger partial charge in [-0.3, -0.25) is 9.59 Å². The Hall–Kier alpha value is -2.89. The van der Waals surface area contributed by atoms with Crippen molar-refractivity contribution < 1.29 is 23.8 Å². The molecule has 0 aliphatic carbocycles. The zero-order valence-electron chi connectivity index (χ0n) is 14.9. The van der Waals surface area contributed by atoms with Crippen LogP contribution >= 0.6 is 0 Å². The van der Waals surface area contributed by atoms with E-state index in [0.29, 0.717) is 13.0 Å². The van der Waals surface area contributed by atoms with Crippen molar-refractivity contribution >= 4 is 11.9 Å². The number of carboxylic acid groups (broad SMARTS) is 1. The fraction of sp³-hybridized carbons (Fsp3) is 0.333. The molecular formula is C21H22FNO4. The number of benzene rings is 2. The smallest absolute Gasteiger partial charge is 0.308 e. The van der Waals surface area contributed by atoms with Crippen LogP contribution in [0.3, 0.4) is 0 Å². The third-order valence-electron chi connectivity index (χ3n) is 4.85. The lowest BCUT2D eigenvalue weighted by molar-refractivity contribution is -0.141. The van der Waals surface area contributed by atoms with Crippen LogP contribution in [0, 0.1) is 11.7 Å². The summed E-state index contributed by atoms with van der Waals surface area (Å²) in [6.45, 7) is 0.834. The average Bonchev–Trinajstić information content (AvgIpc) is 3.13. The molecule has 6 heteroatoms. The maximum Gasteiger partial charge on any atom is 0.308 e. The largest absolute Gasteiger partial charge is 0.491 e. The highest BCUT2D eigenvalue weighted by atomic mass is 19.1. The highest BCUT2D eigenvalue weighted by Crippen LogP contribution is 2.33. The first kappa shape index (κ1) is 18.9.